The molecule has 0 aromatic rings. The molecule has 0 heterocycles. The zero-order valence-electron chi connectivity index (χ0n) is 15.9. The van der Waals surface area contributed by atoms with E-state index >= 15 is 0 Å². The Morgan fingerprint density at radius 3 is 2.33 bits per heavy atom. The molecule has 0 radical (unpaired) electrons. The van der Waals surface area contributed by atoms with E-state index in [2.05, 4.69) is 10.6 Å². The average molecular weight is 400 g/mol. The number of thioether (sulfide) groups is 1. The first-order valence-corrected chi connectivity index (χ1v) is 10.0. The van der Waals surface area contributed by atoms with Crippen molar-refractivity contribution in [2.75, 3.05) is 11.5 Å². The fourth-order valence-electron chi connectivity index (χ4n) is 2.54. The van der Waals surface area contributed by atoms with Crippen molar-refractivity contribution in [2.45, 2.75) is 52.5 Å². The van der Waals surface area contributed by atoms with Gasteiger partial charge >= 0.3 is 11.9 Å². The predicted molar refractivity (Wildman–Crippen MR) is 102 cm³/mol. The molecule has 0 saturated heterocycles. The van der Waals surface area contributed by atoms with Crippen LogP contribution in [0.4, 0.5) is 0 Å². The van der Waals surface area contributed by atoms with Crippen LogP contribution in [0.1, 0.15) is 46.5 Å². The lowest BCUT2D eigenvalue weighted by molar-refractivity contribution is -0.140. The van der Waals surface area contributed by atoms with Gasteiger partial charge < -0.3 is 20.8 Å². The van der Waals surface area contributed by atoms with E-state index in [0.717, 1.165) is 12.8 Å². The molecule has 27 heavy (non-hydrogen) atoms. The third-order valence-electron chi connectivity index (χ3n) is 4.37. The summed E-state index contributed by atoms with van der Waals surface area (Å²) in [5.41, 5.74) is -0.150. The average Bonchev–Trinajstić information content (AvgIpc) is 3.19. The summed E-state index contributed by atoms with van der Waals surface area (Å²) in [6.45, 7) is 5.22. The summed E-state index contributed by atoms with van der Waals surface area (Å²) in [5.74, 6) is -2.02. The summed E-state index contributed by atoms with van der Waals surface area (Å²) in [6.07, 6.45) is 4.26. The third-order valence-corrected chi connectivity index (χ3v) is 5.52. The molecule has 1 rings (SSSR count). The molecule has 0 aromatic heterocycles. The number of carboxylic acids is 2. The van der Waals surface area contributed by atoms with Gasteiger partial charge in [-0.1, -0.05) is 19.9 Å². The highest BCUT2D eigenvalue weighted by atomic mass is 32.2. The van der Waals surface area contributed by atoms with E-state index in [0.29, 0.717) is 18.6 Å². The lowest BCUT2D eigenvalue weighted by Gasteiger charge is -2.12. The van der Waals surface area contributed by atoms with Gasteiger partial charge in [0.2, 0.25) is 11.8 Å². The van der Waals surface area contributed by atoms with Crippen LogP contribution in [0.2, 0.25) is 0 Å². The van der Waals surface area contributed by atoms with Crippen molar-refractivity contribution in [1.29, 1.82) is 0 Å². The Bertz CT molecular complexity index is 617. The zero-order chi connectivity index (χ0) is 20.6. The number of carbonyl (C=O) groups excluding carboxylic acids is 2. The predicted octanol–water partition coefficient (Wildman–Crippen LogP) is 1.61. The summed E-state index contributed by atoms with van der Waals surface area (Å²) >= 11 is 1.42. The molecular weight excluding hydrogens is 372 g/mol. The maximum Gasteiger partial charge on any atom is 0.352 e. The maximum absolute atomic E-state index is 12.0. The molecule has 8 nitrogen and oxygen atoms in total. The normalized spacial score (nSPS) is 19.1. The highest BCUT2D eigenvalue weighted by Crippen LogP contribution is 2.51. The maximum atomic E-state index is 12.0. The Morgan fingerprint density at radius 2 is 1.85 bits per heavy atom. The lowest BCUT2D eigenvalue weighted by atomic mass is 10.1. The van der Waals surface area contributed by atoms with E-state index in [1.165, 1.54) is 24.8 Å². The van der Waals surface area contributed by atoms with Gasteiger partial charge in [-0.05, 0) is 36.9 Å². The second-order valence-electron chi connectivity index (χ2n) is 7.32. The Labute approximate surface area is 163 Å². The Kier molecular flexibility index (Phi) is 8.81. The van der Waals surface area contributed by atoms with E-state index in [9.17, 15) is 24.3 Å². The van der Waals surface area contributed by atoms with Gasteiger partial charge in [0, 0.05) is 18.6 Å². The van der Waals surface area contributed by atoms with Gasteiger partial charge in [-0.15, -0.1) is 0 Å². The molecule has 0 aromatic carbocycles. The lowest BCUT2D eigenvalue weighted by Crippen LogP contribution is -2.41. The SMILES string of the molecule is CC(=O)N[C@@H](CSCCCC/C=C(\NC(=O)[C@H]1CC1(C)C)C(=O)O)C(=O)O. The summed E-state index contributed by atoms with van der Waals surface area (Å²) in [6, 6.07) is -0.909. The molecule has 0 aliphatic heterocycles. The van der Waals surface area contributed by atoms with Crippen molar-refractivity contribution >= 4 is 35.5 Å². The fourth-order valence-corrected chi connectivity index (χ4v) is 3.58. The largest absolute Gasteiger partial charge is 0.480 e. The first-order chi connectivity index (χ1) is 12.5. The molecule has 0 spiro atoms. The minimum Gasteiger partial charge on any atom is -0.480 e. The molecule has 2 atom stereocenters. The van der Waals surface area contributed by atoms with E-state index in [1.54, 1.807) is 0 Å². The summed E-state index contributed by atoms with van der Waals surface area (Å²) in [7, 11) is 0. The molecule has 1 aliphatic rings. The Balaban J connectivity index is 2.28. The molecule has 2 amide bonds. The fraction of sp³-hybridized carbons (Fsp3) is 0.667. The second kappa shape index (κ2) is 10.3. The van der Waals surface area contributed by atoms with E-state index < -0.39 is 18.0 Å². The van der Waals surface area contributed by atoms with Crippen molar-refractivity contribution in [1.82, 2.24) is 10.6 Å². The minimum absolute atomic E-state index is 0.0595. The summed E-state index contributed by atoms with van der Waals surface area (Å²) < 4.78 is 0. The molecule has 0 bridgehead atoms. The number of carbonyl (C=O) groups is 4. The first kappa shape index (κ1) is 23.0. The van der Waals surface area contributed by atoms with Crippen LogP contribution >= 0.6 is 11.8 Å². The van der Waals surface area contributed by atoms with Crippen LogP contribution in [0.5, 0.6) is 0 Å². The van der Waals surface area contributed by atoms with Crippen LogP contribution < -0.4 is 10.6 Å². The summed E-state index contributed by atoms with van der Waals surface area (Å²) in [5, 5.41) is 23.1. The van der Waals surface area contributed by atoms with Gasteiger partial charge in [0.15, 0.2) is 0 Å². The second-order valence-corrected chi connectivity index (χ2v) is 8.47. The quantitative estimate of drug-likeness (QED) is 0.289. The smallest absolute Gasteiger partial charge is 0.352 e. The van der Waals surface area contributed by atoms with Crippen LogP contribution in [0, 0.1) is 11.3 Å². The molecule has 1 saturated carbocycles. The van der Waals surface area contributed by atoms with Crippen molar-refractivity contribution in [2.24, 2.45) is 11.3 Å². The minimum atomic E-state index is -1.16. The van der Waals surface area contributed by atoms with Gasteiger partial charge in [-0.25, -0.2) is 9.59 Å². The summed E-state index contributed by atoms with van der Waals surface area (Å²) in [4.78, 5) is 45.2. The van der Waals surface area contributed by atoms with Crippen molar-refractivity contribution in [3.8, 4) is 0 Å². The van der Waals surface area contributed by atoms with Crippen molar-refractivity contribution in [3.05, 3.63) is 11.8 Å². The molecule has 4 N–H and O–H groups in total. The van der Waals surface area contributed by atoms with Gasteiger partial charge in [0.05, 0.1) is 0 Å². The van der Waals surface area contributed by atoms with E-state index in [1.807, 2.05) is 13.8 Å². The number of hydrogen-bond donors (Lipinski definition) is 4. The standard InChI is InChI=1S/C18H28N2O6S/c1-11(21)19-14(17(25)26)10-27-8-6-4-5-7-13(16(23)24)20-15(22)12-9-18(12,2)3/h7,12,14H,4-6,8-10H2,1-3H3,(H,19,21)(H,20,22)(H,23,24)(H,25,26)/b13-7-/t12-,14+/m1/s1. The van der Waals surface area contributed by atoms with Gasteiger partial charge in [-0.3, -0.25) is 9.59 Å². The third kappa shape index (κ3) is 8.47. The van der Waals surface area contributed by atoms with Crippen LogP contribution in [-0.4, -0.2) is 51.5 Å². The molecule has 1 aliphatic carbocycles. The molecule has 0 unspecified atom stereocenters. The van der Waals surface area contributed by atoms with Gasteiger partial charge in [0.25, 0.3) is 0 Å². The molecular formula is C18H28N2O6S. The van der Waals surface area contributed by atoms with Gasteiger partial charge in [0.1, 0.15) is 11.7 Å². The highest BCUT2D eigenvalue weighted by molar-refractivity contribution is 7.99. The number of allylic oxidation sites excluding steroid dienone is 1. The number of hydrogen-bond acceptors (Lipinski definition) is 5. The highest BCUT2D eigenvalue weighted by Gasteiger charge is 2.50. The number of nitrogens with one attached hydrogen (secondary N) is 2. The van der Waals surface area contributed by atoms with Crippen LogP contribution in [0.15, 0.2) is 11.8 Å². The van der Waals surface area contributed by atoms with Crippen molar-refractivity contribution in [3.63, 3.8) is 0 Å². The van der Waals surface area contributed by atoms with Crippen LogP contribution in [-0.2, 0) is 19.2 Å². The Hall–Kier alpha value is -2.03. The van der Waals surface area contributed by atoms with E-state index in [4.69, 9.17) is 5.11 Å². The number of unbranched alkanes of at least 4 members (excludes halogenated alkanes) is 2. The Morgan fingerprint density at radius 1 is 1.22 bits per heavy atom. The topological polar surface area (TPSA) is 133 Å². The van der Waals surface area contributed by atoms with E-state index in [-0.39, 0.29) is 34.6 Å². The first-order valence-electron chi connectivity index (χ1n) is 8.86. The van der Waals surface area contributed by atoms with Crippen LogP contribution in [0.3, 0.4) is 0 Å². The number of aliphatic carboxylic acids is 2. The molecule has 9 heteroatoms. The van der Waals surface area contributed by atoms with Crippen molar-refractivity contribution < 1.29 is 29.4 Å². The number of amides is 2. The molecule has 1 fully saturated rings. The monoisotopic (exact) mass is 400 g/mol. The number of carboxylic acid groups (broad SMARTS) is 2. The number of rotatable bonds is 12. The molecule has 152 valence electrons. The van der Waals surface area contributed by atoms with Crippen LogP contribution in [0.25, 0.3) is 0 Å². The van der Waals surface area contributed by atoms with Gasteiger partial charge in [-0.2, -0.15) is 11.8 Å². The zero-order valence-corrected chi connectivity index (χ0v) is 16.7.